The first-order valence-corrected chi connectivity index (χ1v) is 12.0. The number of hydrogen-bond acceptors (Lipinski definition) is 6. The lowest BCUT2D eigenvalue weighted by atomic mass is 10.2. The number of thiazole rings is 1. The second-order valence-electron chi connectivity index (χ2n) is 6.69. The fourth-order valence-electron chi connectivity index (χ4n) is 3.00. The monoisotopic (exact) mass is 478 g/mol. The number of rotatable bonds is 8. The molecule has 1 heterocycles. The van der Waals surface area contributed by atoms with Gasteiger partial charge in [0, 0.05) is 10.6 Å². The Labute approximate surface area is 200 Å². The Hall–Kier alpha value is -2.98. The Morgan fingerprint density at radius 3 is 2.69 bits per heavy atom. The van der Waals surface area contributed by atoms with Gasteiger partial charge in [-0.2, -0.15) is 5.26 Å². The Bertz CT molecular complexity index is 1280. The molecule has 0 aliphatic carbocycles. The summed E-state index contributed by atoms with van der Waals surface area (Å²) in [6.07, 6.45) is 1.83. The summed E-state index contributed by atoms with van der Waals surface area (Å²) in [4.78, 5) is 5.15. The van der Waals surface area contributed by atoms with Gasteiger partial charge in [0.05, 0.1) is 21.7 Å². The predicted octanol–water partition coefficient (Wildman–Crippen LogP) is 7.58. The zero-order valence-corrected chi connectivity index (χ0v) is 19.6. The van der Waals surface area contributed by atoms with Crippen LogP contribution in [0.5, 0.6) is 11.5 Å². The van der Waals surface area contributed by atoms with Gasteiger partial charge in [-0.05, 0) is 60.7 Å². The minimum atomic E-state index is 0.339. The van der Waals surface area contributed by atoms with Crippen molar-refractivity contribution in [2.24, 2.45) is 0 Å². The topological polar surface area (TPSA) is 55.1 Å². The van der Waals surface area contributed by atoms with Gasteiger partial charge < -0.3 is 9.47 Å². The van der Waals surface area contributed by atoms with E-state index in [2.05, 4.69) is 11.1 Å². The summed E-state index contributed by atoms with van der Waals surface area (Å²) in [6.45, 7) is 2.76. The maximum absolute atomic E-state index is 9.66. The van der Waals surface area contributed by atoms with Gasteiger partial charge in [0.25, 0.3) is 0 Å². The van der Waals surface area contributed by atoms with Crippen LogP contribution in [0.4, 0.5) is 0 Å². The number of benzene rings is 3. The first-order valence-electron chi connectivity index (χ1n) is 9.94. The molecular formula is C25H19ClN2O2S2. The molecule has 4 nitrogen and oxygen atoms in total. The number of nitrogens with zero attached hydrogens (tertiary/aromatic N) is 2. The molecule has 0 unspecified atom stereocenters. The first-order chi connectivity index (χ1) is 15.7. The van der Waals surface area contributed by atoms with Crippen molar-refractivity contribution in [2.75, 3.05) is 6.61 Å². The molecule has 3 aromatic carbocycles. The molecule has 0 spiro atoms. The Morgan fingerprint density at radius 2 is 1.91 bits per heavy atom. The average molecular weight is 479 g/mol. The summed E-state index contributed by atoms with van der Waals surface area (Å²) in [5, 5.41) is 10.3. The SMILES string of the molecule is CCOc1cc(C=C(C#N)Sc2nc3ccccc3s2)ccc1OCc1ccccc1Cl. The summed E-state index contributed by atoms with van der Waals surface area (Å²) in [6, 6.07) is 23.4. The van der Waals surface area contributed by atoms with E-state index in [-0.39, 0.29) is 0 Å². The molecule has 4 rings (SSSR count). The van der Waals surface area contributed by atoms with E-state index in [0.29, 0.717) is 34.6 Å². The zero-order valence-electron chi connectivity index (χ0n) is 17.2. The number of fused-ring (bicyclic) bond motifs is 1. The van der Waals surface area contributed by atoms with E-state index in [1.165, 1.54) is 11.8 Å². The van der Waals surface area contributed by atoms with Crippen molar-refractivity contribution in [1.82, 2.24) is 4.98 Å². The van der Waals surface area contributed by atoms with Crippen LogP contribution in [0.25, 0.3) is 16.3 Å². The van der Waals surface area contributed by atoms with Crippen LogP contribution >= 0.6 is 34.7 Å². The summed E-state index contributed by atoms with van der Waals surface area (Å²) in [5.74, 6) is 1.25. The molecule has 0 N–H and O–H groups in total. The molecule has 0 saturated carbocycles. The van der Waals surface area contributed by atoms with Crippen LogP contribution in [0.3, 0.4) is 0 Å². The first kappa shape index (κ1) is 22.2. The van der Waals surface area contributed by atoms with Crippen LogP contribution in [0.2, 0.25) is 5.02 Å². The van der Waals surface area contributed by atoms with Gasteiger partial charge in [0.15, 0.2) is 15.8 Å². The predicted molar refractivity (Wildman–Crippen MR) is 132 cm³/mol. The van der Waals surface area contributed by atoms with E-state index in [1.807, 2.05) is 79.7 Å². The average Bonchev–Trinajstić information content (AvgIpc) is 3.21. The molecule has 0 atom stereocenters. The van der Waals surface area contributed by atoms with Gasteiger partial charge in [-0.25, -0.2) is 4.98 Å². The molecule has 4 aromatic rings. The highest BCUT2D eigenvalue weighted by molar-refractivity contribution is 8.05. The van der Waals surface area contributed by atoms with Gasteiger partial charge >= 0.3 is 0 Å². The molecule has 0 amide bonds. The molecular weight excluding hydrogens is 460 g/mol. The summed E-state index contributed by atoms with van der Waals surface area (Å²) < 4.78 is 13.7. The molecule has 0 aliphatic rings. The highest BCUT2D eigenvalue weighted by Crippen LogP contribution is 2.36. The van der Waals surface area contributed by atoms with Crippen LogP contribution in [0.15, 0.2) is 76.0 Å². The number of aromatic nitrogens is 1. The van der Waals surface area contributed by atoms with E-state index < -0.39 is 0 Å². The highest BCUT2D eigenvalue weighted by Gasteiger charge is 2.10. The Kier molecular flexibility index (Phi) is 7.33. The quantitative estimate of drug-likeness (QED) is 0.193. The number of thioether (sulfide) groups is 1. The Morgan fingerprint density at radius 1 is 1.09 bits per heavy atom. The third-order valence-electron chi connectivity index (χ3n) is 4.49. The summed E-state index contributed by atoms with van der Waals surface area (Å²) >= 11 is 9.16. The fraction of sp³-hybridized carbons (Fsp3) is 0.120. The molecule has 32 heavy (non-hydrogen) atoms. The summed E-state index contributed by atoms with van der Waals surface area (Å²) in [5.41, 5.74) is 2.69. The number of halogens is 1. The highest BCUT2D eigenvalue weighted by atomic mass is 35.5. The van der Waals surface area contributed by atoms with Gasteiger partial charge in [-0.15, -0.1) is 11.3 Å². The van der Waals surface area contributed by atoms with Crippen LogP contribution < -0.4 is 9.47 Å². The van der Waals surface area contributed by atoms with Crippen LogP contribution in [-0.2, 0) is 6.61 Å². The zero-order chi connectivity index (χ0) is 22.3. The van der Waals surface area contributed by atoms with Crippen molar-refractivity contribution in [3.63, 3.8) is 0 Å². The molecule has 0 saturated heterocycles. The van der Waals surface area contributed by atoms with E-state index >= 15 is 0 Å². The minimum absolute atomic E-state index is 0.339. The third kappa shape index (κ3) is 5.43. The second-order valence-corrected chi connectivity index (χ2v) is 9.42. The lowest BCUT2D eigenvalue weighted by Crippen LogP contribution is -2.00. The lowest BCUT2D eigenvalue weighted by molar-refractivity contribution is 0.269. The van der Waals surface area contributed by atoms with Crippen molar-refractivity contribution in [3.8, 4) is 17.6 Å². The molecule has 1 aromatic heterocycles. The maximum Gasteiger partial charge on any atom is 0.161 e. The van der Waals surface area contributed by atoms with Crippen molar-refractivity contribution in [1.29, 1.82) is 5.26 Å². The van der Waals surface area contributed by atoms with Crippen molar-refractivity contribution in [2.45, 2.75) is 17.9 Å². The molecule has 0 radical (unpaired) electrons. The van der Waals surface area contributed by atoms with Gasteiger partial charge in [-0.3, -0.25) is 0 Å². The van der Waals surface area contributed by atoms with E-state index in [0.717, 1.165) is 25.7 Å². The number of para-hydroxylation sites is 1. The van der Waals surface area contributed by atoms with Crippen molar-refractivity contribution >= 4 is 51.0 Å². The lowest BCUT2D eigenvalue weighted by Gasteiger charge is -2.13. The number of hydrogen-bond donors (Lipinski definition) is 0. The smallest absolute Gasteiger partial charge is 0.161 e. The number of nitriles is 1. The number of allylic oxidation sites excluding steroid dienone is 1. The standard InChI is InChI=1S/C25H19ClN2O2S2/c1-2-29-23-14-17(11-12-22(23)30-16-18-7-3-4-8-20(18)26)13-19(15-27)31-25-28-21-9-5-6-10-24(21)32-25/h3-14H,2,16H2,1H3. The van der Waals surface area contributed by atoms with Crippen LogP contribution in [-0.4, -0.2) is 11.6 Å². The molecule has 0 bridgehead atoms. The molecule has 0 aliphatic heterocycles. The van der Waals surface area contributed by atoms with Gasteiger partial charge in [0.1, 0.15) is 12.7 Å². The maximum atomic E-state index is 9.66. The largest absolute Gasteiger partial charge is 0.490 e. The Balaban J connectivity index is 1.54. The second kappa shape index (κ2) is 10.6. The van der Waals surface area contributed by atoms with Gasteiger partial charge in [0.2, 0.25) is 0 Å². The van der Waals surface area contributed by atoms with E-state index in [4.69, 9.17) is 21.1 Å². The van der Waals surface area contributed by atoms with Crippen LogP contribution in [0.1, 0.15) is 18.1 Å². The van der Waals surface area contributed by atoms with Crippen LogP contribution in [0, 0.1) is 11.3 Å². The minimum Gasteiger partial charge on any atom is -0.490 e. The molecule has 7 heteroatoms. The third-order valence-corrected chi connectivity index (χ3v) is 6.88. The fourth-order valence-corrected chi connectivity index (χ4v) is 5.16. The molecule has 0 fully saturated rings. The van der Waals surface area contributed by atoms with Crippen molar-refractivity contribution in [3.05, 3.63) is 87.8 Å². The number of ether oxygens (including phenoxy) is 2. The summed E-state index contributed by atoms with van der Waals surface area (Å²) in [7, 11) is 0. The van der Waals surface area contributed by atoms with E-state index in [9.17, 15) is 5.26 Å². The normalized spacial score (nSPS) is 11.3. The molecule has 160 valence electrons. The van der Waals surface area contributed by atoms with Gasteiger partial charge in [-0.1, -0.05) is 48.0 Å². The van der Waals surface area contributed by atoms with Crippen molar-refractivity contribution < 1.29 is 9.47 Å². The van der Waals surface area contributed by atoms with E-state index in [1.54, 1.807) is 11.3 Å².